The van der Waals surface area contributed by atoms with Gasteiger partial charge in [-0.05, 0) is 25.9 Å². The number of nitrogens with zero attached hydrogens (tertiary/aromatic N) is 4. The molecular formula is C12H17ClN4O. The third-order valence-corrected chi connectivity index (χ3v) is 3.55. The Hall–Kier alpha value is -1.20. The van der Waals surface area contributed by atoms with Crippen molar-refractivity contribution in [3.05, 3.63) is 17.0 Å². The van der Waals surface area contributed by atoms with Crippen molar-refractivity contribution < 1.29 is 4.79 Å². The largest absolute Gasteiger partial charge is 0.358 e. The number of rotatable bonds is 5. The van der Waals surface area contributed by atoms with E-state index in [1.807, 2.05) is 11.9 Å². The van der Waals surface area contributed by atoms with E-state index in [1.165, 1.54) is 32.3 Å². The van der Waals surface area contributed by atoms with E-state index in [2.05, 4.69) is 14.9 Å². The van der Waals surface area contributed by atoms with Crippen LogP contribution >= 0.6 is 11.6 Å². The van der Waals surface area contributed by atoms with Crippen molar-refractivity contribution in [1.82, 2.24) is 14.9 Å². The molecule has 0 amide bonds. The van der Waals surface area contributed by atoms with E-state index in [0.29, 0.717) is 17.7 Å². The molecule has 0 bridgehead atoms. The fourth-order valence-corrected chi connectivity index (χ4v) is 2.35. The Morgan fingerprint density at radius 2 is 2.17 bits per heavy atom. The standard InChI is InChI=1S/C12H17ClN4O/c1-16(6-7-17-4-2-3-5-17)12-10(8-18)11(13)14-9-15-12/h8-9H,2-7H2,1H3. The zero-order valence-corrected chi connectivity index (χ0v) is 11.2. The first-order valence-corrected chi connectivity index (χ1v) is 6.49. The monoisotopic (exact) mass is 268 g/mol. The van der Waals surface area contributed by atoms with E-state index >= 15 is 0 Å². The average Bonchev–Trinajstić information content (AvgIpc) is 2.88. The predicted molar refractivity (Wildman–Crippen MR) is 71.4 cm³/mol. The summed E-state index contributed by atoms with van der Waals surface area (Å²) in [6, 6.07) is 0. The van der Waals surface area contributed by atoms with E-state index in [1.54, 1.807) is 0 Å². The van der Waals surface area contributed by atoms with Crippen LogP contribution in [0.3, 0.4) is 0 Å². The summed E-state index contributed by atoms with van der Waals surface area (Å²) in [5.74, 6) is 0.601. The summed E-state index contributed by atoms with van der Waals surface area (Å²) in [6.45, 7) is 4.14. The molecule has 0 aliphatic carbocycles. The van der Waals surface area contributed by atoms with Crippen molar-refractivity contribution in [2.45, 2.75) is 12.8 Å². The quantitative estimate of drug-likeness (QED) is 0.598. The van der Waals surface area contributed by atoms with Crippen molar-refractivity contribution in [2.75, 3.05) is 38.1 Å². The SMILES string of the molecule is CN(CCN1CCCC1)c1ncnc(Cl)c1C=O. The van der Waals surface area contributed by atoms with Crippen molar-refractivity contribution >= 4 is 23.7 Å². The second kappa shape index (κ2) is 6.11. The highest BCUT2D eigenvalue weighted by Crippen LogP contribution is 2.20. The number of aldehydes is 1. The molecule has 1 fully saturated rings. The second-order valence-electron chi connectivity index (χ2n) is 4.49. The number of anilines is 1. The number of aromatic nitrogens is 2. The van der Waals surface area contributed by atoms with Crippen LogP contribution < -0.4 is 4.90 Å². The smallest absolute Gasteiger partial charge is 0.156 e. The molecule has 6 heteroatoms. The van der Waals surface area contributed by atoms with Gasteiger partial charge < -0.3 is 9.80 Å². The molecule has 1 saturated heterocycles. The van der Waals surface area contributed by atoms with Crippen LogP contribution in [0.15, 0.2) is 6.33 Å². The van der Waals surface area contributed by atoms with Crippen LogP contribution in [0.4, 0.5) is 5.82 Å². The van der Waals surface area contributed by atoms with E-state index in [0.717, 1.165) is 13.1 Å². The molecular weight excluding hydrogens is 252 g/mol. The molecule has 5 nitrogen and oxygen atoms in total. The van der Waals surface area contributed by atoms with Crippen molar-refractivity contribution in [3.8, 4) is 0 Å². The van der Waals surface area contributed by atoms with Crippen molar-refractivity contribution in [2.24, 2.45) is 0 Å². The fraction of sp³-hybridized carbons (Fsp3) is 0.583. The Morgan fingerprint density at radius 3 is 2.83 bits per heavy atom. The molecule has 1 aliphatic heterocycles. The molecule has 98 valence electrons. The van der Waals surface area contributed by atoms with Gasteiger partial charge in [-0.1, -0.05) is 11.6 Å². The van der Waals surface area contributed by atoms with Crippen LogP contribution in [-0.4, -0.2) is 54.4 Å². The minimum Gasteiger partial charge on any atom is -0.358 e. The Bertz CT molecular complexity index is 421. The molecule has 0 spiro atoms. The van der Waals surface area contributed by atoms with Gasteiger partial charge in [0.05, 0.1) is 5.56 Å². The van der Waals surface area contributed by atoms with Crippen LogP contribution in [0.5, 0.6) is 0 Å². The molecule has 0 N–H and O–H groups in total. The molecule has 0 unspecified atom stereocenters. The van der Waals surface area contributed by atoms with Gasteiger partial charge >= 0.3 is 0 Å². The molecule has 0 aromatic carbocycles. The maximum atomic E-state index is 11.0. The fourth-order valence-electron chi connectivity index (χ4n) is 2.17. The van der Waals surface area contributed by atoms with E-state index in [4.69, 9.17) is 11.6 Å². The molecule has 1 aliphatic rings. The molecule has 0 atom stereocenters. The van der Waals surface area contributed by atoms with Gasteiger partial charge in [-0.15, -0.1) is 0 Å². The molecule has 1 aromatic rings. The molecule has 18 heavy (non-hydrogen) atoms. The number of hydrogen-bond donors (Lipinski definition) is 0. The van der Waals surface area contributed by atoms with Gasteiger partial charge in [-0.2, -0.15) is 0 Å². The van der Waals surface area contributed by atoms with E-state index in [-0.39, 0.29) is 5.15 Å². The summed E-state index contributed by atoms with van der Waals surface area (Å²) in [6.07, 6.45) is 4.66. The Morgan fingerprint density at radius 1 is 1.44 bits per heavy atom. The molecule has 0 saturated carbocycles. The normalized spacial score (nSPS) is 15.9. The highest BCUT2D eigenvalue weighted by atomic mass is 35.5. The van der Waals surface area contributed by atoms with Crippen LogP contribution in [0.2, 0.25) is 5.15 Å². The first kappa shape index (κ1) is 13.2. The minimum absolute atomic E-state index is 0.211. The van der Waals surface area contributed by atoms with Gasteiger partial charge in [0, 0.05) is 20.1 Å². The summed E-state index contributed by atoms with van der Waals surface area (Å²) in [5.41, 5.74) is 0.364. The highest BCUT2D eigenvalue weighted by molar-refractivity contribution is 6.32. The lowest BCUT2D eigenvalue weighted by Gasteiger charge is -2.23. The van der Waals surface area contributed by atoms with Gasteiger partial charge in [-0.3, -0.25) is 4.79 Å². The third kappa shape index (κ3) is 2.97. The summed E-state index contributed by atoms with van der Waals surface area (Å²) in [5, 5.41) is 0.211. The van der Waals surface area contributed by atoms with Crippen LogP contribution in [0, 0.1) is 0 Å². The van der Waals surface area contributed by atoms with E-state index in [9.17, 15) is 4.79 Å². The zero-order valence-electron chi connectivity index (χ0n) is 10.5. The van der Waals surface area contributed by atoms with Gasteiger partial charge in [0.25, 0.3) is 0 Å². The van der Waals surface area contributed by atoms with Crippen molar-refractivity contribution in [1.29, 1.82) is 0 Å². The lowest BCUT2D eigenvalue weighted by molar-refractivity contribution is 0.112. The van der Waals surface area contributed by atoms with Crippen LogP contribution in [0.25, 0.3) is 0 Å². The first-order valence-electron chi connectivity index (χ1n) is 6.11. The summed E-state index contributed by atoms with van der Waals surface area (Å²) < 4.78 is 0. The molecule has 1 aromatic heterocycles. The number of halogens is 1. The number of hydrogen-bond acceptors (Lipinski definition) is 5. The van der Waals surface area contributed by atoms with Gasteiger partial charge in [0.1, 0.15) is 17.3 Å². The average molecular weight is 269 g/mol. The lowest BCUT2D eigenvalue weighted by atomic mass is 10.3. The lowest BCUT2D eigenvalue weighted by Crippen LogP contribution is -2.32. The predicted octanol–water partition coefficient (Wildman–Crippen LogP) is 1.47. The van der Waals surface area contributed by atoms with Gasteiger partial charge in [0.15, 0.2) is 6.29 Å². The van der Waals surface area contributed by atoms with E-state index < -0.39 is 0 Å². The zero-order chi connectivity index (χ0) is 13.0. The summed E-state index contributed by atoms with van der Waals surface area (Å²) in [7, 11) is 1.92. The van der Waals surface area contributed by atoms with Gasteiger partial charge in [0.2, 0.25) is 0 Å². The molecule has 0 radical (unpaired) electrons. The molecule has 2 heterocycles. The third-order valence-electron chi connectivity index (χ3n) is 3.24. The number of likely N-dealkylation sites (tertiary alicyclic amines) is 1. The van der Waals surface area contributed by atoms with Gasteiger partial charge in [-0.25, -0.2) is 9.97 Å². The Kier molecular flexibility index (Phi) is 4.49. The minimum atomic E-state index is 0.211. The number of carbonyl (C=O) groups excluding carboxylic acids is 1. The maximum absolute atomic E-state index is 11.0. The van der Waals surface area contributed by atoms with Crippen LogP contribution in [0.1, 0.15) is 23.2 Å². The Balaban J connectivity index is 2.01. The van der Waals surface area contributed by atoms with Crippen molar-refractivity contribution in [3.63, 3.8) is 0 Å². The topological polar surface area (TPSA) is 49.3 Å². The number of carbonyl (C=O) groups is 1. The maximum Gasteiger partial charge on any atom is 0.156 e. The summed E-state index contributed by atoms with van der Waals surface area (Å²) in [4.78, 5) is 23.3. The Labute approximate surface area is 112 Å². The second-order valence-corrected chi connectivity index (χ2v) is 4.85. The number of likely N-dealkylation sites (N-methyl/N-ethyl adjacent to an activating group) is 1. The summed E-state index contributed by atoms with van der Waals surface area (Å²) >= 11 is 5.88. The molecule has 2 rings (SSSR count). The highest BCUT2D eigenvalue weighted by Gasteiger charge is 2.15. The first-order chi connectivity index (χ1) is 8.72. The van der Waals surface area contributed by atoms with Crippen LogP contribution in [-0.2, 0) is 0 Å².